The summed E-state index contributed by atoms with van der Waals surface area (Å²) in [6.07, 6.45) is 3.15. The molecule has 2 aromatic heterocycles. The maximum atomic E-state index is 11.9. The van der Waals surface area contributed by atoms with E-state index < -0.39 is 16.9 Å². The van der Waals surface area contributed by atoms with Gasteiger partial charge in [-0.2, -0.15) is 0 Å². The van der Waals surface area contributed by atoms with Gasteiger partial charge >= 0.3 is 5.97 Å². The Bertz CT molecular complexity index is 1010. The molecule has 134 valence electrons. The first-order chi connectivity index (χ1) is 12.3. The van der Waals surface area contributed by atoms with Crippen molar-refractivity contribution in [3.63, 3.8) is 0 Å². The van der Waals surface area contributed by atoms with Crippen molar-refractivity contribution in [1.29, 1.82) is 0 Å². The highest BCUT2D eigenvalue weighted by atomic mass is 16.6. The Morgan fingerprint density at radius 3 is 2.58 bits per heavy atom. The monoisotopic (exact) mass is 354 g/mol. The number of nitro benzene ring substituents is 1. The summed E-state index contributed by atoms with van der Waals surface area (Å²) in [4.78, 5) is 26.7. The molecule has 0 fully saturated rings. The summed E-state index contributed by atoms with van der Waals surface area (Å²) < 4.78 is 1.82. The zero-order valence-corrected chi connectivity index (χ0v) is 14.3. The maximum Gasteiger partial charge on any atom is 0.320 e. The summed E-state index contributed by atoms with van der Waals surface area (Å²) in [5, 5.41) is 21.5. The summed E-state index contributed by atoms with van der Waals surface area (Å²) in [5.74, 6) is -1.14. The van der Waals surface area contributed by atoms with Crippen molar-refractivity contribution >= 4 is 22.6 Å². The number of carbonyl (C=O) groups is 1. The second kappa shape index (κ2) is 6.57. The lowest BCUT2D eigenvalue weighted by Gasteiger charge is -2.09. The molecule has 0 amide bonds. The number of nitrogens with zero attached hydrogens (tertiary/aromatic N) is 3. The van der Waals surface area contributed by atoms with E-state index in [9.17, 15) is 14.9 Å². The smallest absolute Gasteiger partial charge is 0.320 e. The molecule has 3 rings (SSSR count). The first-order valence-corrected chi connectivity index (χ1v) is 7.97. The van der Waals surface area contributed by atoms with Crippen LogP contribution in [0.1, 0.15) is 11.3 Å². The molecule has 0 radical (unpaired) electrons. The first-order valence-electron chi connectivity index (χ1n) is 7.97. The van der Waals surface area contributed by atoms with E-state index in [1.807, 2.05) is 4.57 Å². The molecule has 1 unspecified atom stereocenters. The van der Waals surface area contributed by atoms with E-state index in [-0.39, 0.29) is 12.1 Å². The highest BCUT2D eigenvalue weighted by molar-refractivity contribution is 6.00. The van der Waals surface area contributed by atoms with Crippen molar-refractivity contribution in [2.75, 3.05) is 0 Å². The predicted molar refractivity (Wildman–Crippen MR) is 96.9 cm³/mol. The molecule has 0 saturated carbocycles. The molecule has 2 heterocycles. The largest absolute Gasteiger partial charge is 0.480 e. The SMILES string of the molecule is Cc1c(CC(N)C(=O)O)c2c([N+](=O)[O-])c(-c3ccncc3)ccc2n1C. The third-order valence-corrected chi connectivity index (χ3v) is 4.67. The standard InChI is InChI=1S/C18H18N4O4/c1-10-13(9-14(19)18(23)24)16-15(21(10)2)4-3-12(17(16)22(25)26)11-5-7-20-8-6-11/h3-8,14H,9,19H2,1-2H3,(H,23,24). The number of hydrogen-bond acceptors (Lipinski definition) is 5. The lowest BCUT2D eigenvalue weighted by molar-refractivity contribution is -0.382. The van der Waals surface area contributed by atoms with Crippen LogP contribution in [0, 0.1) is 17.0 Å². The zero-order chi connectivity index (χ0) is 19.0. The normalized spacial score (nSPS) is 12.3. The van der Waals surface area contributed by atoms with Crippen molar-refractivity contribution in [3.05, 3.63) is 58.0 Å². The van der Waals surface area contributed by atoms with Gasteiger partial charge < -0.3 is 15.4 Å². The number of carboxylic acid groups (broad SMARTS) is 1. The highest BCUT2D eigenvalue weighted by Gasteiger charge is 2.28. The number of hydrogen-bond donors (Lipinski definition) is 2. The summed E-state index contributed by atoms with van der Waals surface area (Å²) in [6, 6.07) is 5.78. The van der Waals surface area contributed by atoms with Crippen LogP contribution in [0.5, 0.6) is 0 Å². The number of benzene rings is 1. The second-order valence-corrected chi connectivity index (χ2v) is 6.12. The number of rotatable bonds is 5. The Hall–Kier alpha value is -3.26. The molecular formula is C18H18N4O4. The van der Waals surface area contributed by atoms with Crippen LogP contribution in [0.2, 0.25) is 0 Å². The van der Waals surface area contributed by atoms with Crippen molar-refractivity contribution < 1.29 is 14.8 Å². The third kappa shape index (κ3) is 2.80. The van der Waals surface area contributed by atoms with Crippen molar-refractivity contribution in [2.24, 2.45) is 12.8 Å². The van der Waals surface area contributed by atoms with Crippen molar-refractivity contribution in [3.8, 4) is 11.1 Å². The van der Waals surface area contributed by atoms with Crippen LogP contribution in [0.3, 0.4) is 0 Å². The second-order valence-electron chi connectivity index (χ2n) is 6.12. The molecule has 8 nitrogen and oxygen atoms in total. The number of pyridine rings is 1. The molecule has 3 aromatic rings. The minimum absolute atomic E-state index is 0.0130. The van der Waals surface area contributed by atoms with Gasteiger partial charge in [-0.25, -0.2) is 0 Å². The number of carboxylic acids is 1. The number of aromatic nitrogens is 2. The van der Waals surface area contributed by atoms with Gasteiger partial charge in [-0.15, -0.1) is 0 Å². The number of aryl methyl sites for hydroxylation is 1. The number of fused-ring (bicyclic) bond motifs is 1. The summed E-state index contributed by atoms with van der Waals surface area (Å²) >= 11 is 0. The molecule has 0 saturated heterocycles. The van der Waals surface area contributed by atoms with Crippen LogP contribution in [0.25, 0.3) is 22.0 Å². The fourth-order valence-electron chi connectivity index (χ4n) is 3.23. The van der Waals surface area contributed by atoms with E-state index in [2.05, 4.69) is 4.98 Å². The van der Waals surface area contributed by atoms with Crippen LogP contribution in [0.4, 0.5) is 5.69 Å². The average Bonchev–Trinajstić information content (AvgIpc) is 2.86. The maximum absolute atomic E-state index is 11.9. The number of nitro groups is 1. The Morgan fingerprint density at radius 2 is 2.00 bits per heavy atom. The minimum Gasteiger partial charge on any atom is -0.480 e. The van der Waals surface area contributed by atoms with Gasteiger partial charge in [-0.1, -0.05) is 0 Å². The Morgan fingerprint density at radius 1 is 1.35 bits per heavy atom. The predicted octanol–water partition coefficient (Wildman–Crippen LogP) is 2.41. The van der Waals surface area contributed by atoms with Crippen LogP contribution in [0.15, 0.2) is 36.7 Å². The van der Waals surface area contributed by atoms with Gasteiger partial charge in [0.1, 0.15) is 6.04 Å². The average molecular weight is 354 g/mol. The van der Waals surface area contributed by atoms with E-state index in [0.717, 1.165) is 5.69 Å². The molecule has 0 spiro atoms. The van der Waals surface area contributed by atoms with Gasteiger partial charge in [0.25, 0.3) is 5.69 Å². The number of nitrogens with two attached hydrogens (primary N) is 1. The Balaban J connectivity index is 2.36. The fourth-order valence-corrected chi connectivity index (χ4v) is 3.23. The molecule has 1 aromatic carbocycles. The first kappa shape index (κ1) is 17.6. The van der Waals surface area contributed by atoms with Crippen molar-refractivity contribution in [1.82, 2.24) is 9.55 Å². The number of aliphatic carboxylic acids is 1. The Kier molecular flexibility index (Phi) is 4.43. The van der Waals surface area contributed by atoms with E-state index >= 15 is 0 Å². The van der Waals surface area contributed by atoms with Gasteiger partial charge in [0.05, 0.1) is 21.4 Å². The van der Waals surface area contributed by atoms with Crippen LogP contribution in [-0.2, 0) is 18.3 Å². The zero-order valence-electron chi connectivity index (χ0n) is 14.3. The van der Waals surface area contributed by atoms with Gasteiger partial charge in [0.2, 0.25) is 0 Å². The van der Waals surface area contributed by atoms with Crippen LogP contribution >= 0.6 is 0 Å². The molecule has 0 aliphatic rings. The summed E-state index contributed by atoms with van der Waals surface area (Å²) in [6.45, 7) is 1.81. The topological polar surface area (TPSA) is 124 Å². The van der Waals surface area contributed by atoms with E-state index in [4.69, 9.17) is 10.8 Å². The molecule has 0 bridgehead atoms. The molecule has 26 heavy (non-hydrogen) atoms. The van der Waals surface area contributed by atoms with E-state index in [0.29, 0.717) is 27.6 Å². The van der Waals surface area contributed by atoms with Gasteiger partial charge in [-0.3, -0.25) is 19.9 Å². The molecule has 8 heteroatoms. The van der Waals surface area contributed by atoms with Gasteiger partial charge in [-0.05, 0) is 42.3 Å². The minimum atomic E-state index is -1.14. The third-order valence-electron chi connectivity index (χ3n) is 4.67. The van der Waals surface area contributed by atoms with Crippen molar-refractivity contribution in [2.45, 2.75) is 19.4 Å². The van der Waals surface area contributed by atoms with E-state index in [1.165, 1.54) is 0 Å². The highest BCUT2D eigenvalue weighted by Crippen LogP contribution is 2.40. The molecule has 0 aliphatic carbocycles. The molecular weight excluding hydrogens is 336 g/mol. The lowest BCUT2D eigenvalue weighted by atomic mass is 9.97. The van der Waals surface area contributed by atoms with Gasteiger partial charge in [0, 0.05) is 31.6 Å². The molecule has 1 atom stereocenters. The summed E-state index contributed by atoms with van der Waals surface area (Å²) in [5.41, 5.74) is 8.79. The molecule has 0 aliphatic heterocycles. The van der Waals surface area contributed by atoms with Crippen LogP contribution < -0.4 is 5.73 Å². The quantitative estimate of drug-likeness (QED) is 0.535. The van der Waals surface area contributed by atoms with Crippen LogP contribution in [-0.4, -0.2) is 31.6 Å². The fraction of sp³-hybridized carbons (Fsp3) is 0.222. The molecule has 3 N–H and O–H groups in total. The van der Waals surface area contributed by atoms with E-state index in [1.54, 1.807) is 50.6 Å². The lowest BCUT2D eigenvalue weighted by Crippen LogP contribution is -2.32. The summed E-state index contributed by atoms with van der Waals surface area (Å²) in [7, 11) is 1.79. The van der Waals surface area contributed by atoms with Gasteiger partial charge in [0.15, 0.2) is 0 Å². The Labute approximate surface area is 149 Å².